The van der Waals surface area contributed by atoms with E-state index in [0.29, 0.717) is 30.1 Å². The summed E-state index contributed by atoms with van der Waals surface area (Å²) in [4.78, 5) is 4.51. The van der Waals surface area contributed by atoms with E-state index < -0.39 is 26.2 Å². The molecular weight excluding hydrogens is 456 g/mol. The van der Waals surface area contributed by atoms with Gasteiger partial charge in [-0.2, -0.15) is 5.10 Å². The summed E-state index contributed by atoms with van der Waals surface area (Å²) in [6.45, 7) is 9.59. The second kappa shape index (κ2) is 9.94. The second-order valence-electron chi connectivity index (χ2n) is 8.93. The van der Waals surface area contributed by atoms with Crippen molar-refractivity contribution in [1.29, 1.82) is 0 Å². The van der Waals surface area contributed by atoms with Gasteiger partial charge in [-0.05, 0) is 32.0 Å². The van der Waals surface area contributed by atoms with Gasteiger partial charge in [0, 0.05) is 63.4 Å². The van der Waals surface area contributed by atoms with Gasteiger partial charge in [-0.15, -0.1) is 0 Å². The molecule has 1 aromatic carbocycles. The van der Waals surface area contributed by atoms with Crippen molar-refractivity contribution in [2.45, 2.75) is 45.8 Å². The molecule has 0 aliphatic heterocycles. The molecule has 2 N–H and O–H groups in total. The van der Waals surface area contributed by atoms with E-state index in [0.717, 1.165) is 23.7 Å². The number of nitrogens with zero attached hydrogens (tertiary/aromatic N) is 4. The van der Waals surface area contributed by atoms with Gasteiger partial charge in [0.2, 0.25) is 0 Å². The van der Waals surface area contributed by atoms with Gasteiger partial charge in [-0.3, -0.25) is 4.68 Å². The van der Waals surface area contributed by atoms with Crippen LogP contribution in [-0.2, 0) is 11.5 Å². The maximum Gasteiger partial charge on any atom is 0.198 e. The zero-order valence-corrected chi connectivity index (χ0v) is 20.9. The van der Waals surface area contributed by atoms with E-state index in [4.69, 9.17) is 15.2 Å². The second-order valence-corrected chi connectivity index (χ2v) is 12.3. The molecule has 0 amide bonds. The Bertz CT molecular complexity index is 1280. The summed E-state index contributed by atoms with van der Waals surface area (Å²) in [6, 6.07) is 6.78. The van der Waals surface area contributed by atoms with Crippen molar-refractivity contribution >= 4 is 25.5 Å². The van der Waals surface area contributed by atoms with Gasteiger partial charge in [0.25, 0.3) is 0 Å². The first-order valence-electron chi connectivity index (χ1n) is 11.3. The zero-order valence-electron chi connectivity index (χ0n) is 19.8. The third-order valence-corrected chi connectivity index (χ3v) is 6.83. The van der Waals surface area contributed by atoms with Crippen LogP contribution < -0.4 is 10.5 Å². The van der Waals surface area contributed by atoms with Crippen molar-refractivity contribution in [2.75, 3.05) is 12.3 Å². The van der Waals surface area contributed by atoms with Crippen molar-refractivity contribution in [3.05, 3.63) is 54.5 Å². The Labute approximate surface area is 198 Å². The minimum Gasteiger partial charge on any atom is -0.450 e. The molecule has 0 radical (unpaired) electrons. The molecule has 0 aliphatic rings. The summed E-state index contributed by atoms with van der Waals surface area (Å²) in [6.07, 6.45) is 5.32. The molecule has 180 valence electrons. The molecule has 10 heteroatoms. The van der Waals surface area contributed by atoms with Crippen LogP contribution in [-0.4, -0.2) is 34.7 Å². The van der Waals surface area contributed by atoms with E-state index in [2.05, 4.69) is 23.2 Å². The first-order valence-corrected chi connectivity index (χ1v) is 14.4. The number of halogens is 2. The molecule has 3 aromatic heterocycles. The lowest BCUT2D eigenvalue weighted by Gasteiger charge is -2.11. The van der Waals surface area contributed by atoms with Crippen molar-refractivity contribution < 1.29 is 18.3 Å². The first-order chi connectivity index (χ1) is 16.2. The Hall–Kier alpha value is -3.24. The van der Waals surface area contributed by atoms with Gasteiger partial charge < -0.3 is 19.8 Å². The van der Waals surface area contributed by atoms with Crippen LogP contribution in [0, 0.1) is 11.6 Å². The third kappa shape index (κ3) is 4.97. The molecule has 0 saturated carbocycles. The van der Waals surface area contributed by atoms with E-state index in [1.54, 1.807) is 12.3 Å². The normalized spacial score (nSPS) is 11.8. The number of fused-ring (bicyclic) bond motifs is 1. The Morgan fingerprint density at radius 3 is 2.53 bits per heavy atom. The fourth-order valence-corrected chi connectivity index (χ4v) is 4.24. The summed E-state index contributed by atoms with van der Waals surface area (Å²) in [7, 11) is -0.721. The van der Waals surface area contributed by atoms with Gasteiger partial charge >= 0.3 is 0 Å². The van der Waals surface area contributed by atoms with Crippen LogP contribution in [0.2, 0.25) is 19.1 Å². The van der Waals surface area contributed by atoms with Gasteiger partial charge in [0.15, 0.2) is 17.4 Å². The van der Waals surface area contributed by atoms with E-state index in [1.165, 1.54) is 0 Å². The Morgan fingerprint density at radius 2 is 1.88 bits per heavy atom. The lowest BCUT2D eigenvalue weighted by atomic mass is 10.1. The number of nitrogen functional groups attached to an aromatic ring is 1. The summed E-state index contributed by atoms with van der Waals surface area (Å²) in [5, 5.41) is 5.27. The third-order valence-electron chi connectivity index (χ3n) is 5.43. The molecule has 0 aliphatic carbocycles. The van der Waals surface area contributed by atoms with Crippen LogP contribution in [0.5, 0.6) is 11.5 Å². The SMILES string of the molecule is CC(C)n1ccc(-c2cn(COCC[SiH](C)C)c3nccc(Oc4c(F)cc(N)cc4F)c23)n1. The molecule has 0 atom stereocenters. The van der Waals surface area contributed by atoms with Crippen molar-refractivity contribution in [2.24, 2.45) is 0 Å². The topological polar surface area (TPSA) is 80.1 Å². The van der Waals surface area contributed by atoms with Crippen LogP contribution in [0.4, 0.5) is 14.5 Å². The van der Waals surface area contributed by atoms with E-state index in [1.807, 2.05) is 41.6 Å². The summed E-state index contributed by atoms with van der Waals surface area (Å²) in [5.41, 5.74) is 7.53. The average Bonchev–Trinajstić information content (AvgIpc) is 3.39. The predicted molar refractivity (Wildman–Crippen MR) is 132 cm³/mol. The van der Waals surface area contributed by atoms with E-state index >= 15 is 0 Å². The highest BCUT2D eigenvalue weighted by Crippen LogP contribution is 2.39. The fraction of sp³-hybridized carbons (Fsp3) is 0.333. The summed E-state index contributed by atoms with van der Waals surface area (Å²) in [5.74, 6) is -2.02. The van der Waals surface area contributed by atoms with Crippen LogP contribution in [0.3, 0.4) is 0 Å². The fourth-order valence-electron chi connectivity index (χ4n) is 3.60. The van der Waals surface area contributed by atoms with E-state index in [-0.39, 0.29) is 17.5 Å². The molecule has 3 heterocycles. The highest BCUT2D eigenvalue weighted by Gasteiger charge is 2.21. The minimum atomic E-state index is -0.881. The highest BCUT2D eigenvalue weighted by atomic mass is 28.3. The number of benzene rings is 1. The largest absolute Gasteiger partial charge is 0.450 e. The van der Waals surface area contributed by atoms with E-state index in [9.17, 15) is 8.78 Å². The minimum absolute atomic E-state index is 0.0186. The number of pyridine rings is 1. The molecule has 4 aromatic rings. The molecule has 0 unspecified atom stereocenters. The lowest BCUT2D eigenvalue weighted by molar-refractivity contribution is 0.0903. The number of aromatic nitrogens is 4. The van der Waals surface area contributed by atoms with Crippen molar-refractivity contribution in [3.63, 3.8) is 0 Å². The number of ether oxygens (including phenoxy) is 2. The monoisotopic (exact) mass is 485 g/mol. The molecule has 7 nitrogen and oxygen atoms in total. The number of hydrogen-bond acceptors (Lipinski definition) is 5. The van der Waals surface area contributed by atoms with Gasteiger partial charge in [-0.1, -0.05) is 13.1 Å². The van der Waals surface area contributed by atoms with Gasteiger partial charge in [0.1, 0.15) is 18.1 Å². The Balaban J connectivity index is 1.80. The standard InChI is InChI=1S/C24H29F2N5O2Si/c1-15(2)31-8-6-20(29-31)17-13-30(14-32-9-10-34(3)4)24-22(17)21(5-7-28-24)33-23-18(25)11-16(27)12-19(23)26/h5-8,11-13,15,34H,9-10,14,27H2,1-4H3. The van der Waals surface area contributed by atoms with Crippen LogP contribution in [0.25, 0.3) is 22.3 Å². The highest BCUT2D eigenvalue weighted by molar-refractivity contribution is 6.55. The van der Waals surface area contributed by atoms with Crippen molar-refractivity contribution in [3.8, 4) is 22.8 Å². The Morgan fingerprint density at radius 1 is 1.15 bits per heavy atom. The van der Waals surface area contributed by atoms with Crippen LogP contribution in [0.1, 0.15) is 19.9 Å². The molecule has 0 fully saturated rings. The maximum absolute atomic E-state index is 14.5. The van der Waals surface area contributed by atoms with Crippen molar-refractivity contribution in [1.82, 2.24) is 19.3 Å². The summed E-state index contributed by atoms with van der Waals surface area (Å²) < 4.78 is 44.4. The first kappa shape index (κ1) is 23.9. The molecule has 34 heavy (non-hydrogen) atoms. The number of hydrogen-bond donors (Lipinski definition) is 1. The molecule has 0 spiro atoms. The maximum atomic E-state index is 14.5. The van der Waals surface area contributed by atoms with Crippen LogP contribution in [0.15, 0.2) is 42.9 Å². The number of nitrogens with two attached hydrogens (primary N) is 1. The average molecular weight is 486 g/mol. The Kier molecular flexibility index (Phi) is 6.99. The number of anilines is 1. The molecule has 0 bridgehead atoms. The molecule has 4 rings (SSSR count). The zero-order chi connectivity index (χ0) is 24.4. The molecular formula is C24H29F2N5O2Si. The molecule has 0 saturated heterocycles. The lowest BCUT2D eigenvalue weighted by Crippen LogP contribution is -2.08. The smallest absolute Gasteiger partial charge is 0.198 e. The van der Waals surface area contributed by atoms with Gasteiger partial charge in [-0.25, -0.2) is 13.8 Å². The quantitative estimate of drug-likeness (QED) is 0.190. The predicted octanol–water partition coefficient (Wildman–Crippen LogP) is 5.59. The van der Waals surface area contributed by atoms with Gasteiger partial charge in [0.05, 0.1) is 11.1 Å². The number of rotatable bonds is 9. The summed E-state index contributed by atoms with van der Waals surface area (Å²) >= 11 is 0. The van der Waals surface area contributed by atoms with Crippen LogP contribution >= 0.6 is 0 Å².